The molecule has 1 heterocycles. The van der Waals surface area contributed by atoms with E-state index in [9.17, 15) is 4.79 Å². The van der Waals surface area contributed by atoms with Crippen molar-refractivity contribution in [1.82, 2.24) is 4.90 Å². The van der Waals surface area contributed by atoms with Crippen molar-refractivity contribution in [1.29, 1.82) is 0 Å². The first kappa shape index (κ1) is 12.2. The van der Waals surface area contributed by atoms with Gasteiger partial charge in [0.1, 0.15) is 5.41 Å². The molecule has 1 saturated carbocycles. The van der Waals surface area contributed by atoms with Crippen LogP contribution in [0.1, 0.15) is 39.5 Å². The number of carbonyl (C=O) groups is 1. The summed E-state index contributed by atoms with van der Waals surface area (Å²) >= 11 is 0. The zero-order chi connectivity index (χ0) is 12.7. The first-order chi connectivity index (χ1) is 7.91. The molecule has 1 amide bonds. The molecule has 0 atom stereocenters. The van der Waals surface area contributed by atoms with Gasteiger partial charge in [0.05, 0.1) is 0 Å². The van der Waals surface area contributed by atoms with Crippen LogP contribution in [0, 0.1) is 10.8 Å². The Morgan fingerprint density at radius 2 is 2.00 bits per heavy atom. The smallest absolute Gasteiger partial charge is 0.236 e. The highest BCUT2D eigenvalue weighted by atomic mass is 16.4. The molecule has 0 aromatic heterocycles. The van der Waals surface area contributed by atoms with Gasteiger partial charge in [-0.1, -0.05) is 19.0 Å². The van der Waals surface area contributed by atoms with Crippen molar-refractivity contribution in [2.75, 3.05) is 13.1 Å². The number of carbonyl (C=O) groups excluding carboxylic acids is 1. The Hall–Kier alpha value is -1.26. The van der Waals surface area contributed by atoms with Gasteiger partial charge in [0.2, 0.25) is 5.91 Å². The SMILES string of the molecule is CC1(C)CCCN(C(=O)C2(C(N)=NO)CC2)C1. The van der Waals surface area contributed by atoms with Crippen molar-refractivity contribution < 1.29 is 10.0 Å². The van der Waals surface area contributed by atoms with Crippen LogP contribution < -0.4 is 5.73 Å². The highest BCUT2D eigenvalue weighted by Gasteiger charge is 2.56. The molecule has 2 aliphatic rings. The molecule has 0 aromatic carbocycles. The average Bonchev–Trinajstić information content (AvgIpc) is 3.07. The van der Waals surface area contributed by atoms with Crippen molar-refractivity contribution in [2.24, 2.45) is 21.7 Å². The maximum Gasteiger partial charge on any atom is 0.236 e. The van der Waals surface area contributed by atoms with Gasteiger partial charge in [-0.3, -0.25) is 4.79 Å². The van der Waals surface area contributed by atoms with Crippen molar-refractivity contribution in [3.63, 3.8) is 0 Å². The molecule has 96 valence electrons. The van der Waals surface area contributed by atoms with Crippen LogP contribution in [0.25, 0.3) is 0 Å². The van der Waals surface area contributed by atoms with Gasteiger partial charge in [-0.15, -0.1) is 0 Å². The number of amidine groups is 1. The summed E-state index contributed by atoms with van der Waals surface area (Å²) in [6, 6.07) is 0. The third-order valence-electron chi connectivity index (χ3n) is 3.95. The number of nitrogens with zero attached hydrogens (tertiary/aromatic N) is 2. The summed E-state index contributed by atoms with van der Waals surface area (Å²) in [6.07, 6.45) is 3.59. The van der Waals surface area contributed by atoms with Crippen LogP contribution in [0.3, 0.4) is 0 Å². The van der Waals surface area contributed by atoms with Crippen LogP contribution in [0.5, 0.6) is 0 Å². The number of hydrogen-bond donors (Lipinski definition) is 2. The Morgan fingerprint density at radius 1 is 1.35 bits per heavy atom. The van der Waals surface area contributed by atoms with Crippen molar-refractivity contribution in [2.45, 2.75) is 39.5 Å². The number of likely N-dealkylation sites (tertiary alicyclic amines) is 1. The number of oxime groups is 1. The summed E-state index contributed by atoms with van der Waals surface area (Å²) in [5.74, 6) is 0.117. The molecular formula is C12H21N3O2. The maximum atomic E-state index is 12.4. The van der Waals surface area contributed by atoms with Crippen molar-refractivity contribution in [3.05, 3.63) is 0 Å². The van der Waals surface area contributed by atoms with Gasteiger partial charge in [-0.25, -0.2) is 0 Å². The molecule has 0 radical (unpaired) electrons. The maximum absolute atomic E-state index is 12.4. The minimum atomic E-state index is -0.692. The topological polar surface area (TPSA) is 78.9 Å². The molecule has 1 aliphatic heterocycles. The third-order valence-corrected chi connectivity index (χ3v) is 3.95. The van der Waals surface area contributed by atoms with Crippen molar-refractivity contribution >= 4 is 11.7 Å². The number of piperidine rings is 1. The number of hydrogen-bond acceptors (Lipinski definition) is 3. The zero-order valence-electron chi connectivity index (χ0n) is 10.6. The van der Waals surface area contributed by atoms with E-state index in [1.165, 1.54) is 0 Å². The van der Waals surface area contributed by atoms with Crippen LogP contribution in [0.15, 0.2) is 5.16 Å². The van der Waals surface area contributed by atoms with E-state index in [1.807, 2.05) is 4.90 Å². The Morgan fingerprint density at radius 3 is 2.47 bits per heavy atom. The van der Waals surface area contributed by atoms with Gasteiger partial charge in [0.15, 0.2) is 5.84 Å². The highest BCUT2D eigenvalue weighted by molar-refractivity contribution is 6.09. The fourth-order valence-electron chi connectivity index (χ4n) is 2.70. The number of nitrogens with two attached hydrogens (primary N) is 1. The zero-order valence-corrected chi connectivity index (χ0v) is 10.6. The summed E-state index contributed by atoms with van der Waals surface area (Å²) < 4.78 is 0. The number of rotatable bonds is 2. The highest BCUT2D eigenvalue weighted by Crippen LogP contribution is 2.48. The van der Waals surface area contributed by atoms with E-state index >= 15 is 0 Å². The molecule has 1 aliphatic carbocycles. The molecule has 1 saturated heterocycles. The van der Waals surface area contributed by atoms with Gasteiger partial charge in [0, 0.05) is 13.1 Å². The van der Waals surface area contributed by atoms with Crippen LogP contribution >= 0.6 is 0 Å². The molecule has 0 unspecified atom stereocenters. The lowest BCUT2D eigenvalue weighted by molar-refractivity contribution is -0.137. The monoisotopic (exact) mass is 239 g/mol. The summed E-state index contributed by atoms with van der Waals surface area (Å²) in [4.78, 5) is 14.3. The van der Waals surface area contributed by atoms with Crippen LogP contribution in [-0.2, 0) is 4.79 Å². The predicted octanol–water partition coefficient (Wildman–Crippen LogP) is 1.16. The van der Waals surface area contributed by atoms with Crippen LogP contribution in [-0.4, -0.2) is 34.9 Å². The first-order valence-electron chi connectivity index (χ1n) is 6.19. The van der Waals surface area contributed by atoms with E-state index in [0.29, 0.717) is 12.8 Å². The largest absolute Gasteiger partial charge is 0.409 e. The van der Waals surface area contributed by atoms with Crippen LogP contribution in [0.2, 0.25) is 0 Å². The lowest BCUT2D eigenvalue weighted by Crippen LogP contribution is -2.49. The second-order valence-electron chi connectivity index (χ2n) is 6.06. The molecule has 5 nitrogen and oxygen atoms in total. The molecule has 2 rings (SSSR count). The van der Waals surface area contributed by atoms with E-state index in [-0.39, 0.29) is 17.2 Å². The fourth-order valence-corrected chi connectivity index (χ4v) is 2.70. The van der Waals surface area contributed by atoms with Crippen molar-refractivity contribution in [3.8, 4) is 0 Å². The summed E-state index contributed by atoms with van der Waals surface area (Å²) in [6.45, 7) is 5.92. The van der Waals surface area contributed by atoms with E-state index < -0.39 is 5.41 Å². The Labute approximate surface area is 102 Å². The Kier molecular flexibility index (Phi) is 2.79. The lowest BCUT2D eigenvalue weighted by Gasteiger charge is -2.39. The number of amides is 1. The van der Waals surface area contributed by atoms with Crippen LogP contribution in [0.4, 0.5) is 0 Å². The minimum Gasteiger partial charge on any atom is -0.409 e. The second-order valence-corrected chi connectivity index (χ2v) is 6.06. The standard InChI is InChI=1S/C12H21N3O2/c1-11(2)4-3-7-15(8-11)10(16)12(5-6-12)9(13)14-17/h17H,3-8H2,1-2H3,(H2,13,14). The Balaban J connectivity index is 2.11. The summed E-state index contributed by atoms with van der Waals surface area (Å²) in [5.41, 5.74) is 5.12. The predicted molar refractivity (Wildman–Crippen MR) is 64.7 cm³/mol. The minimum absolute atomic E-state index is 0.0422. The molecule has 2 fully saturated rings. The molecule has 0 spiro atoms. The van der Waals surface area contributed by atoms with Gasteiger partial charge in [-0.05, 0) is 31.1 Å². The lowest BCUT2D eigenvalue weighted by atomic mass is 9.83. The molecule has 0 bridgehead atoms. The molecule has 0 aromatic rings. The van der Waals surface area contributed by atoms with E-state index in [1.54, 1.807) is 0 Å². The fraction of sp³-hybridized carbons (Fsp3) is 0.833. The van der Waals surface area contributed by atoms with E-state index in [0.717, 1.165) is 25.9 Å². The average molecular weight is 239 g/mol. The third kappa shape index (κ3) is 2.10. The molecule has 17 heavy (non-hydrogen) atoms. The second kappa shape index (κ2) is 3.89. The van der Waals surface area contributed by atoms with Gasteiger partial charge in [0.25, 0.3) is 0 Å². The summed E-state index contributed by atoms with van der Waals surface area (Å²) in [5, 5.41) is 11.8. The Bertz CT molecular complexity index is 359. The van der Waals surface area contributed by atoms with E-state index in [2.05, 4.69) is 19.0 Å². The van der Waals surface area contributed by atoms with Gasteiger partial charge < -0.3 is 15.8 Å². The first-order valence-corrected chi connectivity index (χ1v) is 6.19. The molecule has 3 N–H and O–H groups in total. The molecule has 5 heteroatoms. The quantitative estimate of drug-likeness (QED) is 0.328. The van der Waals surface area contributed by atoms with Gasteiger partial charge in [-0.2, -0.15) is 0 Å². The normalized spacial score (nSPS) is 26.7. The molecular weight excluding hydrogens is 218 g/mol. The van der Waals surface area contributed by atoms with Gasteiger partial charge >= 0.3 is 0 Å². The summed E-state index contributed by atoms with van der Waals surface area (Å²) in [7, 11) is 0. The van der Waals surface area contributed by atoms with E-state index in [4.69, 9.17) is 10.9 Å².